The summed E-state index contributed by atoms with van der Waals surface area (Å²) < 4.78 is 1.27. The molecular weight excluding hydrogens is 259 g/mol. The Morgan fingerprint density at radius 1 is 1.17 bits per heavy atom. The van der Waals surface area contributed by atoms with Crippen LogP contribution < -0.4 is 0 Å². The van der Waals surface area contributed by atoms with E-state index in [1.54, 1.807) is 0 Å². The zero-order valence-electron chi connectivity index (χ0n) is 7.82. The van der Waals surface area contributed by atoms with Crippen molar-refractivity contribution in [3.63, 3.8) is 0 Å². The zero-order valence-corrected chi connectivity index (χ0v) is 9.97. The minimum Gasteiger partial charge on any atom is -0.0561 e. The molecule has 0 N–H and O–H groups in total. The second-order valence-electron chi connectivity index (χ2n) is 4.10. The Morgan fingerprint density at radius 2 is 1.75 bits per heavy atom. The van der Waals surface area contributed by atoms with Crippen molar-refractivity contribution in [2.45, 2.75) is 26.2 Å². The molecule has 0 aromatic heterocycles. The molecule has 0 aliphatic heterocycles. The molecule has 12 heavy (non-hydrogen) atoms. The summed E-state index contributed by atoms with van der Waals surface area (Å²) in [5, 5.41) is 0. The highest BCUT2D eigenvalue weighted by atomic mass is 127. The van der Waals surface area contributed by atoms with E-state index >= 15 is 0 Å². The number of halogens is 1. The molecule has 1 aromatic rings. The Bertz CT molecular complexity index is 261. The summed E-state index contributed by atoms with van der Waals surface area (Å²) in [6.07, 6.45) is 0. The van der Waals surface area contributed by atoms with Crippen LogP contribution in [0, 0.1) is 10.5 Å². The third-order valence-electron chi connectivity index (χ3n) is 1.82. The van der Waals surface area contributed by atoms with Crippen molar-refractivity contribution in [3.05, 3.63) is 39.8 Å². The van der Waals surface area contributed by atoms with E-state index in [-0.39, 0.29) is 5.41 Å². The molecule has 0 nitrogen and oxygen atoms in total. The molecule has 1 radical (unpaired) electrons. The molecule has 0 heterocycles. The van der Waals surface area contributed by atoms with Crippen LogP contribution in [-0.4, -0.2) is 0 Å². The maximum atomic E-state index is 3.95. The topological polar surface area (TPSA) is 0 Å². The minimum atomic E-state index is 0.230. The van der Waals surface area contributed by atoms with Crippen molar-refractivity contribution in [3.8, 4) is 0 Å². The van der Waals surface area contributed by atoms with Gasteiger partial charge < -0.3 is 0 Å². The fraction of sp³-hybridized carbons (Fsp3) is 0.364. The van der Waals surface area contributed by atoms with E-state index in [1.165, 1.54) is 9.13 Å². The second-order valence-corrected chi connectivity index (χ2v) is 5.34. The van der Waals surface area contributed by atoms with Crippen LogP contribution in [0.15, 0.2) is 18.2 Å². The molecule has 0 amide bonds. The average molecular weight is 273 g/mol. The summed E-state index contributed by atoms with van der Waals surface area (Å²) in [6.45, 7) is 10.6. The summed E-state index contributed by atoms with van der Waals surface area (Å²) in [6, 6.07) is 6.47. The highest BCUT2D eigenvalue weighted by Gasteiger charge is 2.13. The summed E-state index contributed by atoms with van der Waals surface area (Å²) in [4.78, 5) is 0. The van der Waals surface area contributed by atoms with Gasteiger partial charge in [0.15, 0.2) is 0 Å². The maximum Gasteiger partial charge on any atom is 0.0136 e. The lowest BCUT2D eigenvalue weighted by molar-refractivity contribution is 0.589. The highest BCUT2D eigenvalue weighted by Crippen LogP contribution is 2.24. The van der Waals surface area contributed by atoms with Crippen LogP contribution in [0.3, 0.4) is 0 Å². The number of hydrogen-bond donors (Lipinski definition) is 0. The summed E-state index contributed by atoms with van der Waals surface area (Å²) in [5.41, 5.74) is 2.69. The smallest absolute Gasteiger partial charge is 0.0136 e. The van der Waals surface area contributed by atoms with Crippen molar-refractivity contribution in [2.24, 2.45) is 0 Å². The lowest BCUT2D eigenvalue weighted by atomic mass is 9.86. The largest absolute Gasteiger partial charge is 0.0561 e. The minimum absolute atomic E-state index is 0.230. The Morgan fingerprint density at radius 3 is 2.17 bits per heavy atom. The fourth-order valence-corrected chi connectivity index (χ4v) is 1.82. The molecule has 1 rings (SSSR count). The molecule has 1 heteroatoms. The second kappa shape index (κ2) is 3.36. The van der Waals surface area contributed by atoms with Crippen LogP contribution >= 0.6 is 22.6 Å². The molecule has 1 aromatic carbocycles. The van der Waals surface area contributed by atoms with Crippen molar-refractivity contribution in [1.29, 1.82) is 0 Å². The van der Waals surface area contributed by atoms with Crippen LogP contribution in [-0.2, 0) is 5.41 Å². The van der Waals surface area contributed by atoms with E-state index in [1.807, 2.05) is 0 Å². The van der Waals surface area contributed by atoms with Crippen LogP contribution in [0.25, 0.3) is 0 Å². The van der Waals surface area contributed by atoms with Gasteiger partial charge in [-0.2, -0.15) is 0 Å². The van der Waals surface area contributed by atoms with Crippen molar-refractivity contribution >= 4 is 22.6 Å². The molecule has 0 fully saturated rings. The van der Waals surface area contributed by atoms with Gasteiger partial charge in [-0.25, -0.2) is 0 Å². The molecule has 0 aliphatic rings. The molecule has 0 aliphatic carbocycles. The van der Waals surface area contributed by atoms with Gasteiger partial charge in [-0.15, -0.1) is 0 Å². The van der Waals surface area contributed by atoms with Gasteiger partial charge in [-0.3, -0.25) is 0 Å². The normalized spacial score (nSPS) is 11.8. The van der Waals surface area contributed by atoms with Crippen LogP contribution in [0.2, 0.25) is 0 Å². The summed E-state index contributed by atoms with van der Waals surface area (Å²) in [5.74, 6) is 0. The lowest BCUT2D eigenvalue weighted by Crippen LogP contribution is -2.11. The monoisotopic (exact) mass is 273 g/mol. The molecule has 0 unspecified atom stereocenters. The standard InChI is InChI=1S/C11H14I/c1-8-5-9(11(2,3)4)7-10(12)6-8/h5-7H,1H2,2-4H3. The Kier molecular flexibility index (Phi) is 2.81. The number of rotatable bonds is 0. The van der Waals surface area contributed by atoms with E-state index in [2.05, 4.69) is 68.5 Å². The molecular formula is C11H14I. The van der Waals surface area contributed by atoms with Gasteiger partial charge in [-0.05, 0) is 58.2 Å². The molecule has 0 spiro atoms. The molecule has 65 valence electrons. The molecule has 0 bridgehead atoms. The lowest BCUT2D eigenvalue weighted by Gasteiger charge is -2.19. The Balaban J connectivity index is 3.18. The SMILES string of the molecule is [CH2]c1cc(I)cc(C(C)(C)C)c1. The third kappa shape index (κ3) is 2.47. The molecule has 0 saturated heterocycles. The first-order valence-corrected chi connectivity index (χ1v) is 5.10. The van der Waals surface area contributed by atoms with Crippen molar-refractivity contribution in [1.82, 2.24) is 0 Å². The van der Waals surface area contributed by atoms with Gasteiger partial charge in [0.25, 0.3) is 0 Å². The first kappa shape index (κ1) is 10.0. The number of hydrogen-bond acceptors (Lipinski definition) is 0. The van der Waals surface area contributed by atoms with Crippen molar-refractivity contribution in [2.75, 3.05) is 0 Å². The Hall–Kier alpha value is -0.0500. The predicted octanol–water partition coefficient (Wildman–Crippen LogP) is 3.77. The maximum absolute atomic E-state index is 3.95. The quantitative estimate of drug-likeness (QED) is 0.631. The summed E-state index contributed by atoms with van der Waals surface area (Å²) >= 11 is 2.33. The van der Waals surface area contributed by atoms with Gasteiger partial charge in [0.05, 0.1) is 0 Å². The molecule has 0 atom stereocenters. The van der Waals surface area contributed by atoms with Crippen LogP contribution in [0.5, 0.6) is 0 Å². The first-order valence-electron chi connectivity index (χ1n) is 4.02. The zero-order chi connectivity index (χ0) is 9.35. The van der Waals surface area contributed by atoms with E-state index in [9.17, 15) is 0 Å². The van der Waals surface area contributed by atoms with Gasteiger partial charge in [-0.1, -0.05) is 26.8 Å². The van der Waals surface area contributed by atoms with Crippen LogP contribution in [0.1, 0.15) is 31.9 Å². The summed E-state index contributed by atoms with van der Waals surface area (Å²) in [7, 11) is 0. The van der Waals surface area contributed by atoms with Gasteiger partial charge in [0.2, 0.25) is 0 Å². The van der Waals surface area contributed by atoms with Gasteiger partial charge >= 0.3 is 0 Å². The van der Waals surface area contributed by atoms with E-state index in [0.29, 0.717) is 0 Å². The highest BCUT2D eigenvalue weighted by molar-refractivity contribution is 14.1. The average Bonchev–Trinajstić information content (AvgIpc) is 1.82. The predicted molar refractivity (Wildman–Crippen MR) is 62.3 cm³/mol. The fourth-order valence-electron chi connectivity index (χ4n) is 1.08. The van der Waals surface area contributed by atoms with Crippen LogP contribution in [0.4, 0.5) is 0 Å². The van der Waals surface area contributed by atoms with Gasteiger partial charge in [0, 0.05) is 3.57 Å². The van der Waals surface area contributed by atoms with E-state index in [0.717, 1.165) is 5.56 Å². The number of benzene rings is 1. The molecule has 0 saturated carbocycles. The van der Waals surface area contributed by atoms with E-state index < -0.39 is 0 Å². The van der Waals surface area contributed by atoms with E-state index in [4.69, 9.17) is 0 Å². The third-order valence-corrected chi connectivity index (χ3v) is 2.45. The Labute approximate surface area is 88.5 Å². The van der Waals surface area contributed by atoms with Gasteiger partial charge in [0.1, 0.15) is 0 Å². The van der Waals surface area contributed by atoms with Crippen molar-refractivity contribution < 1.29 is 0 Å². The first-order chi connectivity index (χ1) is 5.39.